The lowest BCUT2D eigenvalue weighted by atomic mass is 10.3. The Kier molecular flexibility index (Phi) is 8.29. The van der Waals surface area contributed by atoms with Gasteiger partial charge in [0.25, 0.3) is 0 Å². The monoisotopic (exact) mass is 348 g/mol. The van der Waals surface area contributed by atoms with E-state index >= 15 is 0 Å². The SMILES string of the molecule is C=C(O)c1cc(NC(=O)Nc2ccnc(Cl)c2)ccn1.CCCC. The molecule has 3 N–H and O–H groups in total. The molecule has 128 valence electrons. The number of nitrogens with zero attached hydrogens (tertiary/aromatic N) is 2. The van der Waals surface area contributed by atoms with E-state index in [1.807, 2.05) is 0 Å². The van der Waals surface area contributed by atoms with E-state index in [9.17, 15) is 9.90 Å². The Morgan fingerprint density at radius 3 is 2.17 bits per heavy atom. The number of pyridine rings is 2. The summed E-state index contributed by atoms with van der Waals surface area (Å²) >= 11 is 5.72. The van der Waals surface area contributed by atoms with Crippen molar-refractivity contribution in [2.24, 2.45) is 0 Å². The summed E-state index contributed by atoms with van der Waals surface area (Å²) in [5.41, 5.74) is 1.28. The lowest BCUT2D eigenvalue weighted by Gasteiger charge is -2.08. The summed E-state index contributed by atoms with van der Waals surface area (Å²) in [6, 6.07) is 5.77. The van der Waals surface area contributed by atoms with Crippen molar-refractivity contribution in [1.29, 1.82) is 0 Å². The molecule has 0 fully saturated rings. The third-order valence-electron chi connectivity index (χ3n) is 2.80. The van der Waals surface area contributed by atoms with Crippen molar-refractivity contribution in [3.63, 3.8) is 0 Å². The molecule has 2 rings (SSSR count). The molecule has 0 unspecified atom stereocenters. The van der Waals surface area contributed by atoms with Crippen LogP contribution in [0, 0.1) is 0 Å². The Hall–Kier alpha value is -2.60. The average Bonchev–Trinajstić information content (AvgIpc) is 2.55. The minimum atomic E-state index is -0.451. The van der Waals surface area contributed by atoms with E-state index in [4.69, 9.17) is 11.6 Å². The maximum absolute atomic E-state index is 11.8. The second-order valence-electron chi connectivity index (χ2n) is 4.82. The van der Waals surface area contributed by atoms with Crippen LogP contribution in [-0.2, 0) is 0 Å². The van der Waals surface area contributed by atoms with E-state index in [1.165, 1.54) is 37.4 Å². The normalized spacial score (nSPS) is 9.46. The van der Waals surface area contributed by atoms with Gasteiger partial charge in [0, 0.05) is 23.8 Å². The molecule has 2 amide bonds. The number of hydrogen-bond acceptors (Lipinski definition) is 4. The van der Waals surface area contributed by atoms with Crippen LogP contribution in [0.3, 0.4) is 0 Å². The van der Waals surface area contributed by atoms with Crippen molar-refractivity contribution < 1.29 is 9.90 Å². The number of hydrogen-bond donors (Lipinski definition) is 3. The average molecular weight is 349 g/mol. The van der Waals surface area contributed by atoms with Gasteiger partial charge in [-0.1, -0.05) is 44.9 Å². The molecule has 0 bridgehead atoms. The van der Waals surface area contributed by atoms with Crippen molar-refractivity contribution in [2.45, 2.75) is 26.7 Å². The summed E-state index contributed by atoms with van der Waals surface area (Å²) in [6.07, 6.45) is 5.58. The number of aromatic nitrogens is 2. The second-order valence-corrected chi connectivity index (χ2v) is 5.21. The maximum atomic E-state index is 11.8. The van der Waals surface area contributed by atoms with Crippen LogP contribution < -0.4 is 10.6 Å². The van der Waals surface area contributed by atoms with Gasteiger partial charge in [-0.2, -0.15) is 0 Å². The van der Waals surface area contributed by atoms with Crippen LogP contribution in [0.1, 0.15) is 32.4 Å². The highest BCUT2D eigenvalue weighted by Gasteiger charge is 2.05. The fraction of sp³-hybridized carbons (Fsp3) is 0.235. The molecule has 24 heavy (non-hydrogen) atoms. The molecule has 6 nitrogen and oxygen atoms in total. The molecule has 0 aliphatic carbocycles. The number of halogens is 1. The molecular weight excluding hydrogens is 328 g/mol. The van der Waals surface area contributed by atoms with Crippen LogP contribution in [0.25, 0.3) is 5.76 Å². The predicted octanol–water partition coefficient (Wildman–Crippen LogP) is 5.11. The predicted molar refractivity (Wildman–Crippen MR) is 98.4 cm³/mol. The van der Waals surface area contributed by atoms with Gasteiger partial charge < -0.3 is 15.7 Å². The summed E-state index contributed by atoms with van der Waals surface area (Å²) in [7, 11) is 0. The number of amides is 2. The Bertz CT molecular complexity index is 690. The van der Waals surface area contributed by atoms with Gasteiger partial charge in [0.15, 0.2) is 0 Å². The fourth-order valence-corrected chi connectivity index (χ4v) is 1.61. The molecule has 0 aliphatic rings. The molecule has 2 aromatic heterocycles. The highest BCUT2D eigenvalue weighted by molar-refractivity contribution is 6.29. The van der Waals surface area contributed by atoms with E-state index < -0.39 is 6.03 Å². The zero-order valence-corrected chi connectivity index (χ0v) is 14.5. The van der Waals surface area contributed by atoms with Gasteiger partial charge in [0.2, 0.25) is 0 Å². The molecular formula is C17H21ClN4O2. The van der Waals surface area contributed by atoms with Gasteiger partial charge in [0.05, 0.1) is 0 Å². The van der Waals surface area contributed by atoms with Crippen molar-refractivity contribution in [3.8, 4) is 0 Å². The quantitative estimate of drug-likeness (QED) is 0.529. The molecule has 0 saturated heterocycles. The number of aliphatic hydroxyl groups excluding tert-OH is 1. The summed E-state index contributed by atoms with van der Waals surface area (Å²) in [6.45, 7) is 7.73. The van der Waals surface area contributed by atoms with Crippen LogP contribution in [0.15, 0.2) is 43.2 Å². The molecule has 0 radical (unpaired) electrons. The highest BCUT2D eigenvalue weighted by atomic mass is 35.5. The number of anilines is 2. The molecule has 0 atom stereocenters. The van der Waals surface area contributed by atoms with Crippen LogP contribution in [0.2, 0.25) is 5.15 Å². The zero-order chi connectivity index (χ0) is 17.9. The van der Waals surface area contributed by atoms with E-state index in [2.05, 4.69) is 41.0 Å². The van der Waals surface area contributed by atoms with Gasteiger partial charge in [0.1, 0.15) is 16.6 Å². The lowest BCUT2D eigenvalue weighted by Crippen LogP contribution is -2.19. The van der Waals surface area contributed by atoms with Crippen LogP contribution in [0.4, 0.5) is 16.2 Å². The lowest BCUT2D eigenvalue weighted by molar-refractivity contribution is 0.262. The molecule has 0 aliphatic heterocycles. The number of nitrogens with one attached hydrogen (secondary N) is 2. The minimum Gasteiger partial charge on any atom is -0.506 e. The topological polar surface area (TPSA) is 87.1 Å². The molecule has 0 aromatic carbocycles. The molecule has 0 spiro atoms. The molecule has 2 aromatic rings. The maximum Gasteiger partial charge on any atom is 0.323 e. The number of aliphatic hydroxyl groups is 1. The first-order valence-corrected chi connectivity index (χ1v) is 7.87. The van der Waals surface area contributed by atoms with E-state index in [-0.39, 0.29) is 16.6 Å². The molecule has 7 heteroatoms. The number of unbranched alkanes of at least 4 members (excludes halogenated alkanes) is 1. The van der Waals surface area contributed by atoms with Gasteiger partial charge in [-0.25, -0.2) is 9.78 Å². The second kappa shape index (κ2) is 10.2. The smallest absolute Gasteiger partial charge is 0.323 e. The Labute approximate surface area is 146 Å². The van der Waals surface area contributed by atoms with Crippen molar-refractivity contribution in [1.82, 2.24) is 9.97 Å². The van der Waals surface area contributed by atoms with Gasteiger partial charge in [-0.15, -0.1) is 0 Å². The Morgan fingerprint density at radius 2 is 1.67 bits per heavy atom. The summed E-state index contributed by atoms with van der Waals surface area (Å²) in [4.78, 5) is 19.5. The van der Waals surface area contributed by atoms with E-state index in [0.717, 1.165) is 0 Å². The standard InChI is InChI=1S/C13H11ClN4O2.C4H10/c1-8(19)11-6-9(2-4-15-11)17-13(20)18-10-3-5-16-12(14)7-10;1-3-4-2/h2-7,19H,1H2,(H2,15,16,17,18,20);3-4H2,1-2H3. The van der Waals surface area contributed by atoms with Crippen molar-refractivity contribution in [2.75, 3.05) is 10.6 Å². The Morgan fingerprint density at radius 1 is 1.12 bits per heavy atom. The van der Waals surface area contributed by atoms with E-state index in [1.54, 1.807) is 12.1 Å². The third kappa shape index (κ3) is 7.11. The number of rotatable bonds is 4. The summed E-state index contributed by atoms with van der Waals surface area (Å²) in [5.74, 6) is -0.171. The molecule has 2 heterocycles. The Balaban J connectivity index is 0.000000648. The summed E-state index contributed by atoms with van der Waals surface area (Å²) < 4.78 is 0. The first-order chi connectivity index (χ1) is 11.5. The van der Waals surface area contributed by atoms with Crippen molar-refractivity contribution >= 4 is 34.8 Å². The highest BCUT2D eigenvalue weighted by Crippen LogP contribution is 2.15. The largest absolute Gasteiger partial charge is 0.506 e. The van der Waals surface area contributed by atoms with E-state index in [0.29, 0.717) is 11.4 Å². The first-order valence-electron chi connectivity index (χ1n) is 7.50. The van der Waals surface area contributed by atoms with Gasteiger partial charge in [-0.05, 0) is 24.3 Å². The van der Waals surface area contributed by atoms with Crippen LogP contribution in [0.5, 0.6) is 0 Å². The fourth-order valence-electron chi connectivity index (χ4n) is 1.44. The first kappa shape index (κ1) is 19.4. The molecule has 0 saturated carbocycles. The van der Waals surface area contributed by atoms with Crippen LogP contribution in [-0.4, -0.2) is 21.1 Å². The third-order valence-corrected chi connectivity index (χ3v) is 3.00. The van der Waals surface area contributed by atoms with Gasteiger partial charge in [-0.3, -0.25) is 4.98 Å². The zero-order valence-electron chi connectivity index (χ0n) is 13.7. The minimum absolute atomic E-state index is 0.171. The van der Waals surface area contributed by atoms with Crippen molar-refractivity contribution in [3.05, 3.63) is 54.1 Å². The number of urea groups is 1. The number of carbonyl (C=O) groups excluding carboxylic acids is 1. The van der Waals surface area contributed by atoms with Crippen LogP contribution >= 0.6 is 11.6 Å². The van der Waals surface area contributed by atoms with Gasteiger partial charge >= 0.3 is 6.03 Å². The summed E-state index contributed by atoms with van der Waals surface area (Å²) in [5, 5.41) is 14.7. The number of carbonyl (C=O) groups is 1.